The Balaban J connectivity index is 3.19. The van der Waals surface area contributed by atoms with Crippen molar-refractivity contribution in [1.82, 2.24) is 0 Å². The summed E-state index contributed by atoms with van der Waals surface area (Å²) in [5.41, 5.74) is 1.39. The largest absolute Gasteiger partial charge is 0.411 e. The van der Waals surface area contributed by atoms with E-state index in [2.05, 4.69) is 5.16 Å². The molecule has 2 nitrogen and oxygen atoms in total. The molecule has 0 fully saturated rings. The quantitative estimate of drug-likeness (QED) is 0.466. The lowest BCUT2D eigenvalue weighted by molar-refractivity contribution is 0.319. The fraction of sp³-hybridized carbons (Fsp3) is 0.182. The van der Waals surface area contributed by atoms with Crippen LogP contribution in [0.1, 0.15) is 19.4 Å². The van der Waals surface area contributed by atoms with Gasteiger partial charge in [0.05, 0.1) is 10.7 Å². The van der Waals surface area contributed by atoms with Gasteiger partial charge in [-0.3, -0.25) is 0 Å². The van der Waals surface area contributed by atoms with E-state index in [9.17, 15) is 4.39 Å². The van der Waals surface area contributed by atoms with Gasteiger partial charge in [0.15, 0.2) is 0 Å². The highest BCUT2D eigenvalue weighted by atomic mass is 35.5. The van der Waals surface area contributed by atoms with Crippen molar-refractivity contribution in [1.29, 1.82) is 0 Å². The first-order valence-corrected chi connectivity index (χ1v) is 4.75. The number of oxime groups is 1. The summed E-state index contributed by atoms with van der Waals surface area (Å²) in [6, 6.07) is 4.48. The summed E-state index contributed by atoms with van der Waals surface area (Å²) < 4.78 is 13.3. The molecular weight excluding hydrogens is 217 g/mol. The third-order valence-electron chi connectivity index (χ3n) is 2.08. The van der Waals surface area contributed by atoms with E-state index in [1.807, 2.05) is 0 Å². The molecule has 0 aliphatic rings. The molecular formula is C11H11ClFNO. The first-order chi connectivity index (χ1) is 7.06. The lowest BCUT2D eigenvalue weighted by Crippen LogP contribution is -1.94. The van der Waals surface area contributed by atoms with E-state index in [0.29, 0.717) is 21.9 Å². The Morgan fingerprint density at radius 2 is 2.13 bits per heavy atom. The van der Waals surface area contributed by atoms with Crippen LogP contribution in [0, 0.1) is 5.82 Å². The van der Waals surface area contributed by atoms with Gasteiger partial charge in [-0.25, -0.2) is 4.39 Å². The molecule has 0 aliphatic heterocycles. The van der Waals surface area contributed by atoms with E-state index in [-0.39, 0.29) is 0 Å². The number of nitrogens with zero attached hydrogens (tertiary/aromatic N) is 1. The second kappa shape index (κ2) is 4.94. The number of halogens is 2. The predicted octanol–water partition coefficient (Wildman–Crippen LogP) is 3.73. The minimum absolute atomic E-state index is 0.305. The molecule has 0 saturated heterocycles. The molecule has 1 aromatic carbocycles. The van der Waals surface area contributed by atoms with Crippen molar-refractivity contribution in [3.8, 4) is 0 Å². The fourth-order valence-electron chi connectivity index (χ4n) is 1.05. The minimum Gasteiger partial charge on any atom is -0.411 e. The zero-order valence-corrected chi connectivity index (χ0v) is 9.22. The van der Waals surface area contributed by atoms with E-state index >= 15 is 0 Å². The molecule has 15 heavy (non-hydrogen) atoms. The van der Waals surface area contributed by atoms with Gasteiger partial charge in [0.25, 0.3) is 0 Å². The fourth-order valence-corrected chi connectivity index (χ4v) is 1.27. The summed E-state index contributed by atoms with van der Waals surface area (Å²) in [7, 11) is 0. The van der Waals surface area contributed by atoms with Gasteiger partial charge < -0.3 is 5.21 Å². The molecule has 0 aliphatic carbocycles. The highest BCUT2D eigenvalue weighted by Crippen LogP contribution is 2.21. The second-order valence-corrected chi connectivity index (χ2v) is 3.56. The molecule has 0 saturated carbocycles. The molecule has 1 rings (SSSR count). The number of allylic oxidation sites excluding steroid dienone is 1. The summed E-state index contributed by atoms with van der Waals surface area (Å²) in [6.45, 7) is 3.35. The van der Waals surface area contributed by atoms with Gasteiger partial charge in [-0.15, -0.1) is 0 Å². The molecule has 0 aromatic heterocycles. The summed E-state index contributed by atoms with van der Waals surface area (Å²) in [4.78, 5) is 0. The van der Waals surface area contributed by atoms with Gasteiger partial charge in [-0.1, -0.05) is 22.8 Å². The van der Waals surface area contributed by atoms with Crippen LogP contribution in [0.15, 0.2) is 28.9 Å². The second-order valence-electron chi connectivity index (χ2n) is 3.15. The van der Waals surface area contributed by atoms with Crippen molar-refractivity contribution in [3.63, 3.8) is 0 Å². The maximum Gasteiger partial charge on any atom is 0.131 e. The Hall–Kier alpha value is -1.35. The standard InChI is InChI=1S/C11H11ClFNO/c1-7(8(2)14-15)6-9-10(12)4-3-5-11(9)13/h3-6,15H,1-2H3/b7-6-,14-8+. The number of hydrogen-bond donors (Lipinski definition) is 1. The predicted molar refractivity (Wildman–Crippen MR) is 60.0 cm³/mol. The summed E-state index contributed by atoms with van der Waals surface area (Å²) in [5, 5.41) is 11.9. The van der Waals surface area contributed by atoms with E-state index < -0.39 is 5.82 Å². The van der Waals surface area contributed by atoms with Crippen molar-refractivity contribution in [2.75, 3.05) is 0 Å². The SMILES string of the molecule is CC(=C/c1c(F)cccc1Cl)/C(C)=N/O. The average Bonchev–Trinajstić information content (AvgIpc) is 2.22. The molecule has 0 atom stereocenters. The molecule has 0 heterocycles. The maximum atomic E-state index is 13.3. The Labute approximate surface area is 92.7 Å². The van der Waals surface area contributed by atoms with Crippen LogP contribution in [0.2, 0.25) is 5.02 Å². The molecule has 0 bridgehead atoms. The third kappa shape index (κ3) is 2.80. The van der Waals surface area contributed by atoms with Crippen LogP contribution in [0.25, 0.3) is 6.08 Å². The summed E-state index contributed by atoms with van der Waals surface area (Å²) in [5.74, 6) is -0.396. The van der Waals surface area contributed by atoms with E-state index in [4.69, 9.17) is 16.8 Å². The van der Waals surface area contributed by atoms with Gasteiger partial charge >= 0.3 is 0 Å². The molecule has 1 N–H and O–H groups in total. The zero-order chi connectivity index (χ0) is 11.4. The van der Waals surface area contributed by atoms with Gasteiger partial charge in [0, 0.05) is 5.56 Å². The smallest absolute Gasteiger partial charge is 0.131 e. The van der Waals surface area contributed by atoms with Crippen LogP contribution in [0.3, 0.4) is 0 Å². The van der Waals surface area contributed by atoms with Crippen LogP contribution in [-0.2, 0) is 0 Å². The Kier molecular flexibility index (Phi) is 3.86. The Morgan fingerprint density at radius 3 is 2.67 bits per heavy atom. The first kappa shape index (κ1) is 11.7. The molecule has 0 spiro atoms. The normalized spacial score (nSPS) is 13.1. The van der Waals surface area contributed by atoms with Gasteiger partial charge in [-0.05, 0) is 37.6 Å². The molecule has 4 heteroatoms. The highest BCUT2D eigenvalue weighted by molar-refractivity contribution is 6.32. The molecule has 80 valence electrons. The molecule has 0 unspecified atom stereocenters. The monoisotopic (exact) mass is 227 g/mol. The van der Waals surface area contributed by atoms with Gasteiger partial charge in [0.1, 0.15) is 5.82 Å². The van der Waals surface area contributed by atoms with E-state index in [1.54, 1.807) is 26.0 Å². The van der Waals surface area contributed by atoms with Crippen molar-refractivity contribution < 1.29 is 9.60 Å². The topological polar surface area (TPSA) is 32.6 Å². The minimum atomic E-state index is -0.396. The van der Waals surface area contributed by atoms with Crippen LogP contribution in [0.4, 0.5) is 4.39 Å². The van der Waals surface area contributed by atoms with Gasteiger partial charge in [0.2, 0.25) is 0 Å². The molecule has 1 aromatic rings. The Morgan fingerprint density at radius 1 is 1.47 bits per heavy atom. The highest BCUT2D eigenvalue weighted by Gasteiger charge is 2.05. The van der Waals surface area contributed by atoms with Crippen LogP contribution < -0.4 is 0 Å². The number of rotatable bonds is 2. The van der Waals surface area contributed by atoms with Crippen LogP contribution in [-0.4, -0.2) is 10.9 Å². The van der Waals surface area contributed by atoms with E-state index in [1.165, 1.54) is 12.1 Å². The van der Waals surface area contributed by atoms with Crippen molar-refractivity contribution in [3.05, 3.63) is 40.2 Å². The van der Waals surface area contributed by atoms with Crippen molar-refractivity contribution in [2.45, 2.75) is 13.8 Å². The first-order valence-electron chi connectivity index (χ1n) is 4.37. The van der Waals surface area contributed by atoms with Crippen LogP contribution in [0.5, 0.6) is 0 Å². The molecule has 0 radical (unpaired) electrons. The lowest BCUT2D eigenvalue weighted by atomic mass is 10.1. The van der Waals surface area contributed by atoms with Gasteiger partial charge in [-0.2, -0.15) is 0 Å². The van der Waals surface area contributed by atoms with Crippen molar-refractivity contribution >= 4 is 23.4 Å². The Bertz CT molecular complexity index is 406. The number of benzene rings is 1. The lowest BCUT2D eigenvalue weighted by Gasteiger charge is -2.02. The zero-order valence-electron chi connectivity index (χ0n) is 8.46. The molecule has 0 amide bonds. The third-order valence-corrected chi connectivity index (χ3v) is 2.41. The maximum absolute atomic E-state index is 13.3. The van der Waals surface area contributed by atoms with Crippen molar-refractivity contribution in [2.24, 2.45) is 5.16 Å². The van der Waals surface area contributed by atoms with E-state index in [0.717, 1.165) is 0 Å². The number of hydrogen-bond acceptors (Lipinski definition) is 2. The average molecular weight is 228 g/mol. The van der Waals surface area contributed by atoms with Crippen LogP contribution >= 0.6 is 11.6 Å². The summed E-state index contributed by atoms with van der Waals surface area (Å²) in [6.07, 6.45) is 1.55. The summed E-state index contributed by atoms with van der Waals surface area (Å²) >= 11 is 5.83.